The van der Waals surface area contributed by atoms with Gasteiger partial charge in [0, 0.05) is 30.3 Å². The van der Waals surface area contributed by atoms with Crippen molar-refractivity contribution in [3.63, 3.8) is 0 Å². The monoisotopic (exact) mass is 283 g/mol. The van der Waals surface area contributed by atoms with Gasteiger partial charge in [-0.3, -0.25) is 4.98 Å². The molecule has 3 nitrogen and oxygen atoms in total. The minimum Gasteiger partial charge on any atom is -0.372 e. The average Bonchev–Trinajstić information content (AvgIpc) is 2.64. The zero-order valence-corrected chi connectivity index (χ0v) is 11.4. The summed E-state index contributed by atoms with van der Waals surface area (Å²) in [4.78, 5) is 8.93. The smallest absolute Gasteiger partial charge is 0.0562 e. The highest BCUT2D eigenvalue weighted by Crippen LogP contribution is 2.20. The van der Waals surface area contributed by atoms with Crippen molar-refractivity contribution in [1.82, 2.24) is 9.88 Å². The molecule has 0 bridgehead atoms. The van der Waals surface area contributed by atoms with Crippen LogP contribution in [0.2, 0.25) is 0 Å². The molecule has 2 heterocycles. The van der Waals surface area contributed by atoms with Crippen LogP contribution in [0.3, 0.4) is 0 Å². The molecule has 16 heavy (non-hydrogen) atoms. The molecule has 0 aliphatic carbocycles. The summed E-state index contributed by atoms with van der Waals surface area (Å²) in [5.74, 6) is 0. The third-order valence-corrected chi connectivity index (χ3v) is 3.72. The molecule has 1 unspecified atom stereocenters. The van der Waals surface area contributed by atoms with Crippen LogP contribution in [-0.2, 0) is 0 Å². The van der Waals surface area contributed by atoms with E-state index in [0.29, 0.717) is 6.04 Å². The van der Waals surface area contributed by atoms with Gasteiger partial charge in [-0.05, 0) is 48.4 Å². The predicted octanol–water partition coefficient (Wildman–Crippen LogP) is 2.37. The van der Waals surface area contributed by atoms with Crippen LogP contribution in [0.15, 0.2) is 22.9 Å². The van der Waals surface area contributed by atoms with Gasteiger partial charge in [0.1, 0.15) is 0 Å². The van der Waals surface area contributed by atoms with Crippen molar-refractivity contribution in [3.8, 4) is 0 Å². The number of hydrogen-bond donors (Lipinski definition) is 0. The Kier molecular flexibility index (Phi) is 3.82. The molecular weight excluding hydrogens is 266 g/mol. The van der Waals surface area contributed by atoms with E-state index in [1.54, 1.807) is 0 Å². The molecule has 88 valence electrons. The molecule has 1 saturated heterocycles. The molecule has 0 N–H and O–H groups in total. The van der Waals surface area contributed by atoms with E-state index in [1.807, 2.05) is 12.4 Å². The number of aromatic nitrogens is 1. The SMILES string of the molecule is CN(CC1CCCN1C)c1cncc(Br)c1. The second kappa shape index (κ2) is 5.15. The number of rotatable bonds is 3. The first kappa shape index (κ1) is 11.9. The molecule has 0 aromatic carbocycles. The number of halogens is 1. The number of pyridine rings is 1. The van der Waals surface area contributed by atoms with E-state index in [9.17, 15) is 0 Å². The van der Waals surface area contributed by atoms with Crippen molar-refractivity contribution in [3.05, 3.63) is 22.9 Å². The summed E-state index contributed by atoms with van der Waals surface area (Å²) in [5, 5.41) is 0. The molecule has 0 amide bonds. The van der Waals surface area contributed by atoms with Gasteiger partial charge < -0.3 is 9.80 Å². The highest BCUT2D eigenvalue weighted by atomic mass is 79.9. The number of anilines is 1. The Hall–Kier alpha value is -0.610. The van der Waals surface area contributed by atoms with Crippen LogP contribution in [0.5, 0.6) is 0 Å². The third-order valence-electron chi connectivity index (χ3n) is 3.29. The highest BCUT2D eigenvalue weighted by molar-refractivity contribution is 9.10. The Balaban J connectivity index is 1.99. The lowest BCUT2D eigenvalue weighted by atomic mass is 10.2. The van der Waals surface area contributed by atoms with Crippen molar-refractivity contribution < 1.29 is 0 Å². The first-order valence-electron chi connectivity index (χ1n) is 5.69. The standard InChI is InChI=1S/C12H18BrN3/c1-15-5-3-4-11(15)9-16(2)12-6-10(13)7-14-8-12/h6-8,11H,3-5,9H2,1-2H3. The minimum absolute atomic E-state index is 0.684. The normalized spacial score (nSPS) is 21.3. The highest BCUT2D eigenvalue weighted by Gasteiger charge is 2.22. The second-order valence-corrected chi connectivity index (χ2v) is 5.43. The van der Waals surface area contributed by atoms with E-state index < -0.39 is 0 Å². The maximum atomic E-state index is 4.20. The maximum absolute atomic E-state index is 4.20. The van der Waals surface area contributed by atoms with Crippen molar-refractivity contribution >= 4 is 21.6 Å². The van der Waals surface area contributed by atoms with Crippen LogP contribution >= 0.6 is 15.9 Å². The molecule has 1 atom stereocenters. The summed E-state index contributed by atoms with van der Waals surface area (Å²) in [5.41, 5.74) is 1.18. The molecule has 1 fully saturated rings. The van der Waals surface area contributed by atoms with Gasteiger partial charge in [-0.1, -0.05) is 0 Å². The summed E-state index contributed by atoms with van der Waals surface area (Å²) in [6.45, 7) is 2.31. The number of likely N-dealkylation sites (tertiary alicyclic amines) is 1. The predicted molar refractivity (Wildman–Crippen MR) is 70.9 cm³/mol. The average molecular weight is 284 g/mol. The van der Waals surface area contributed by atoms with Crippen molar-refractivity contribution in [2.24, 2.45) is 0 Å². The van der Waals surface area contributed by atoms with Crippen molar-refractivity contribution in [1.29, 1.82) is 0 Å². The maximum Gasteiger partial charge on any atom is 0.0562 e. The molecule has 4 heteroatoms. The number of nitrogens with zero attached hydrogens (tertiary/aromatic N) is 3. The third kappa shape index (κ3) is 2.74. The Morgan fingerprint density at radius 3 is 3.00 bits per heavy atom. The lowest BCUT2D eigenvalue weighted by Gasteiger charge is -2.27. The molecule has 2 rings (SSSR count). The first-order chi connectivity index (χ1) is 7.66. The zero-order chi connectivity index (χ0) is 11.5. The minimum atomic E-state index is 0.684. The van der Waals surface area contributed by atoms with Crippen LogP contribution in [-0.4, -0.2) is 43.1 Å². The molecular formula is C12H18BrN3. The van der Waals surface area contributed by atoms with Gasteiger partial charge in [-0.2, -0.15) is 0 Å². The fraction of sp³-hybridized carbons (Fsp3) is 0.583. The van der Waals surface area contributed by atoms with Gasteiger partial charge in [-0.15, -0.1) is 0 Å². The summed E-state index contributed by atoms with van der Waals surface area (Å²) in [6, 6.07) is 2.80. The van der Waals surface area contributed by atoms with Crippen LogP contribution in [0, 0.1) is 0 Å². The van der Waals surface area contributed by atoms with Gasteiger partial charge in [0.15, 0.2) is 0 Å². The van der Waals surface area contributed by atoms with Crippen LogP contribution in [0.1, 0.15) is 12.8 Å². The lowest BCUT2D eigenvalue weighted by Crippen LogP contribution is -2.36. The molecule has 1 aromatic rings. The van der Waals surface area contributed by atoms with Crippen molar-refractivity contribution in [2.45, 2.75) is 18.9 Å². The summed E-state index contributed by atoms with van der Waals surface area (Å²) in [7, 11) is 4.35. The van der Waals surface area contributed by atoms with E-state index in [4.69, 9.17) is 0 Å². The van der Waals surface area contributed by atoms with E-state index in [0.717, 1.165) is 11.0 Å². The Morgan fingerprint density at radius 1 is 1.56 bits per heavy atom. The Morgan fingerprint density at radius 2 is 2.38 bits per heavy atom. The van der Waals surface area contributed by atoms with Gasteiger partial charge in [0.05, 0.1) is 11.9 Å². The molecule has 1 aliphatic heterocycles. The fourth-order valence-corrected chi connectivity index (χ4v) is 2.59. The van der Waals surface area contributed by atoms with Crippen LogP contribution in [0.4, 0.5) is 5.69 Å². The molecule has 0 spiro atoms. The van der Waals surface area contributed by atoms with Gasteiger partial charge in [-0.25, -0.2) is 0 Å². The van der Waals surface area contributed by atoms with Crippen LogP contribution < -0.4 is 4.90 Å². The molecule has 0 saturated carbocycles. The van der Waals surface area contributed by atoms with Gasteiger partial charge in [0.25, 0.3) is 0 Å². The lowest BCUT2D eigenvalue weighted by molar-refractivity contribution is 0.314. The summed E-state index contributed by atoms with van der Waals surface area (Å²) in [6.07, 6.45) is 6.37. The quantitative estimate of drug-likeness (QED) is 0.849. The molecule has 0 radical (unpaired) electrons. The summed E-state index contributed by atoms with van der Waals surface area (Å²) >= 11 is 3.46. The second-order valence-electron chi connectivity index (χ2n) is 4.52. The molecule has 1 aromatic heterocycles. The number of hydrogen-bond acceptors (Lipinski definition) is 3. The van der Waals surface area contributed by atoms with Crippen molar-refractivity contribution in [2.75, 3.05) is 32.1 Å². The molecule has 1 aliphatic rings. The van der Waals surface area contributed by atoms with Gasteiger partial charge in [0.2, 0.25) is 0 Å². The number of likely N-dealkylation sites (N-methyl/N-ethyl adjacent to an activating group) is 2. The van der Waals surface area contributed by atoms with E-state index >= 15 is 0 Å². The summed E-state index contributed by atoms with van der Waals surface area (Å²) < 4.78 is 1.04. The van der Waals surface area contributed by atoms with E-state index in [1.165, 1.54) is 25.1 Å². The fourth-order valence-electron chi connectivity index (χ4n) is 2.24. The zero-order valence-electron chi connectivity index (χ0n) is 9.86. The topological polar surface area (TPSA) is 19.4 Å². The first-order valence-corrected chi connectivity index (χ1v) is 6.48. The Labute approximate surface area is 106 Å². The van der Waals surface area contributed by atoms with Gasteiger partial charge >= 0.3 is 0 Å². The largest absolute Gasteiger partial charge is 0.372 e. The van der Waals surface area contributed by atoms with E-state index in [-0.39, 0.29) is 0 Å². The van der Waals surface area contributed by atoms with Crippen LogP contribution in [0.25, 0.3) is 0 Å². The van der Waals surface area contributed by atoms with E-state index in [2.05, 4.69) is 50.9 Å². The Bertz CT molecular complexity index is 356.